The number of carbonyl (C=O) groups is 2. The van der Waals surface area contributed by atoms with Crippen LogP contribution in [0.2, 0.25) is 0 Å². The molecule has 0 fully saturated rings. The SMILES string of the molecule is COC(=O)CCNCc1cccc(NC(=O)C(F)(F)F)c1. The van der Waals surface area contributed by atoms with Gasteiger partial charge in [0.05, 0.1) is 13.5 Å². The standard InChI is InChI=1S/C13H15F3N2O3/c1-21-11(19)5-6-17-8-9-3-2-4-10(7-9)18-12(20)13(14,15)16/h2-4,7,17H,5-6,8H2,1H3,(H,18,20). The molecule has 0 radical (unpaired) electrons. The van der Waals surface area contributed by atoms with Gasteiger partial charge in [0.1, 0.15) is 0 Å². The molecule has 0 aliphatic carbocycles. The maximum absolute atomic E-state index is 12.1. The van der Waals surface area contributed by atoms with Crippen LogP contribution in [0, 0.1) is 0 Å². The highest BCUT2D eigenvalue weighted by atomic mass is 19.4. The van der Waals surface area contributed by atoms with E-state index in [-0.39, 0.29) is 18.1 Å². The summed E-state index contributed by atoms with van der Waals surface area (Å²) in [4.78, 5) is 21.7. The largest absolute Gasteiger partial charge is 0.471 e. The fourth-order valence-electron chi connectivity index (χ4n) is 1.49. The van der Waals surface area contributed by atoms with Crippen molar-refractivity contribution in [3.63, 3.8) is 0 Å². The summed E-state index contributed by atoms with van der Waals surface area (Å²) in [5, 5.41) is 4.72. The second-order valence-corrected chi connectivity index (χ2v) is 4.16. The zero-order valence-corrected chi connectivity index (χ0v) is 11.3. The van der Waals surface area contributed by atoms with E-state index in [2.05, 4.69) is 10.1 Å². The second kappa shape index (κ2) is 7.63. The van der Waals surface area contributed by atoms with Gasteiger partial charge in [-0.1, -0.05) is 12.1 Å². The topological polar surface area (TPSA) is 67.4 Å². The van der Waals surface area contributed by atoms with E-state index in [1.807, 2.05) is 0 Å². The summed E-state index contributed by atoms with van der Waals surface area (Å²) < 4.78 is 40.8. The maximum atomic E-state index is 12.1. The van der Waals surface area contributed by atoms with Crippen LogP contribution in [0.4, 0.5) is 18.9 Å². The molecule has 0 aliphatic heterocycles. The quantitative estimate of drug-likeness (QED) is 0.621. The number of halogens is 3. The van der Waals surface area contributed by atoms with Gasteiger partial charge in [0.2, 0.25) is 0 Å². The number of alkyl halides is 3. The summed E-state index contributed by atoms with van der Waals surface area (Å²) in [6.45, 7) is 0.735. The van der Waals surface area contributed by atoms with Crippen molar-refractivity contribution in [2.24, 2.45) is 0 Å². The lowest BCUT2D eigenvalue weighted by Gasteiger charge is -2.10. The van der Waals surface area contributed by atoms with Crippen molar-refractivity contribution in [1.29, 1.82) is 0 Å². The van der Waals surface area contributed by atoms with Crippen LogP contribution in [-0.4, -0.2) is 31.7 Å². The summed E-state index contributed by atoms with van der Waals surface area (Å²) in [5.74, 6) is -2.37. The first-order valence-corrected chi connectivity index (χ1v) is 6.07. The lowest BCUT2D eigenvalue weighted by atomic mass is 10.2. The van der Waals surface area contributed by atoms with Gasteiger partial charge in [-0.15, -0.1) is 0 Å². The number of hydrogen-bond donors (Lipinski definition) is 2. The summed E-state index contributed by atoms with van der Waals surface area (Å²) in [7, 11) is 1.29. The normalized spacial score (nSPS) is 11.0. The highest BCUT2D eigenvalue weighted by Gasteiger charge is 2.38. The predicted molar refractivity (Wildman–Crippen MR) is 69.5 cm³/mol. The van der Waals surface area contributed by atoms with E-state index in [9.17, 15) is 22.8 Å². The molecule has 0 bridgehead atoms. The Kier molecular flexibility index (Phi) is 6.16. The number of methoxy groups -OCH3 is 1. The third kappa shape index (κ3) is 6.26. The number of esters is 1. The minimum atomic E-state index is -4.92. The number of benzene rings is 1. The molecule has 0 aromatic heterocycles. The Balaban J connectivity index is 2.49. The number of hydrogen-bond acceptors (Lipinski definition) is 4. The number of ether oxygens (including phenoxy) is 1. The molecule has 0 saturated carbocycles. The van der Waals surface area contributed by atoms with Crippen molar-refractivity contribution in [1.82, 2.24) is 5.32 Å². The Morgan fingerprint density at radius 1 is 1.29 bits per heavy atom. The van der Waals surface area contributed by atoms with Crippen LogP contribution in [0.3, 0.4) is 0 Å². The van der Waals surface area contributed by atoms with Gasteiger partial charge in [0, 0.05) is 18.8 Å². The van der Waals surface area contributed by atoms with Crippen LogP contribution in [0.1, 0.15) is 12.0 Å². The van der Waals surface area contributed by atoms with Crippen LogP contribution in [0.5, 0.6) is 0 Å². The molecule has 21 heavy (non-hydrogen) atoms. The van der Waals surface area contributed by atoms with Crippen LogP contribution in [-0.2, 0) is 20.9 Å². The third-order valence-electron chi connectivity index (χ3n) is 2.51. The first-order chi connectivity index (χ1) is 9.82. The fraction of sp³-hybridized carbons (Fsp3) is 0.385. The summed E-state index contributed by atoms with van der Waals surface area (Å²) in [6, 6.07) is 6.01. The first-order valence-electron chi connectivity index (χ1n) is 6.07. The average Bonchev–Trinajstić information content (AvgIpc) is 2.42. The molecular weight excluding hydrogens is 289 g/mol. The molecule has 116 valence electrons. The summed E-state index contributed by atoms with van der Waals surface area (Å²) >= 11 is 0. The summed E-state index contributed by atoms with van der Waals surface area (Å²) in [5.41, 5.74) is 0.740. The minimum Gasteiger partial charge on any atom is -0.469 e. The molecule has 0 atom stereocenters. The van der Waals surface area contributed by atoms with Crippen LogP contribution >= 0.6 is 0 Å². The Morgan fingerprint density at radius 2 is 2.00 bits per heavy atom. The highest BCUT2D eigenvalue weighted by Crippen LogP contribution is 2.18. The van der Waals surface area contributed by atoms with Crippen molar-refractivity contribution in [3.05, 3.63) is 29.8 Å². The number of nitrogens with one attached hydrogen (secondary N) is 2. The average molecular weight is 304 g/mol. The lowest BCUT2D eigenvalue weighted by molar-refractivity contribution is -0.167. The molecule has 2 N–H and O–H groups in total. The van der Waals surface area contributed by atoms with Gasteiger partial charge in [-0.05, 0) is 17.7 Å². The number of rotatable bonds is 6. The van der Waals surface area contributed by atoms with Gasteiger partial charge in [-0.25, -0.2) is 0 Å². The molecule has 0 unspecified atom stereocenters. The molecule has 0 saturated heterocycles. The van der Waals surface area contributed by atoms with E-state index in [0.29, 0.717) is 18.7 Å². The Morgan fingerprint density at radius 3 is 2.62 bits per heavy atom. The Bertz CT molecular complexity index is 504. The van der Waals surface area contributed by atoms with E-state index < -0.39 is 12.1 Å². The van der Waals surface area contributed by atoms with Crippen molar-refractivity contribution in [3.8, 4) is 0 Å². The zero-order valence-electron chi connectivity index (χ0n) is 11.3. The molecule has 0 aliphatic rings. The third-order valence-corrected chi connectivity index (χ3v) is 2.51. The molecule has 5 nitrogen and oxygen atoms in total. The van der Waals surface area contributed by atoms with Gasteiger partial charge in [0.15, 0.2) is 0 Å². The van der Waals surface area contributed by atoms with Gasteiger partial charge < -0.3 is 15.4 Å². The van der Waals surface area contributed by atoms with E-state index in [1.165, 1.54) is 25.3 Å². The van der Waals surface area contributed by atoms with Gasteiger partial charge >= 0.3 is 18.1 Å². The lowest BCUT2D eigenvalue weighted by Crippen LogP contribution is -2.30. The fourth-order valence-corrected chi connectivity index (χ4v) is 1.49. The smallest absolute Gasteiger partial charge is 0.469 e. The molecule has 1 aromatic rings. The molecule has 0 heterocycles. The zero-order chi connectivity index (χ0) is 15.9. The van der Waals surface area contributed by atoms with Crippen molar-refractivity contribution >= 4 is 17.6 Å². The van der Waals surface area contributed by atoms with Crippen LogP contribution < -0.4 is 10.6 Å². The monoisotopic (exact) mass is 304 g/mol. The van der Waals surface area contributed by atoms with E-state index >= 15 is 0 Å². The van der Waals surface area contributed by atoms with Gasteiger partial charge in [-0.2, -0.15) is 13.2 Å². The summed E-state index contributed by atoms with van der Waals surface area (Å²) in [6.07, 6.45) is -4.73. The Hall–Kier alpha value is -2.09. The predicted octanol–water partition coefficient (Wildman–Crippen LogP) is 1.84. The van der Waals surface area contributed by atoms with Crippen LogP contribution in [0.15, 0.2) is 24.3 Å². The van der Waals surface area contributed by atoms with Gasteiger partial charge in [0.25, 0.3) is 0 Å². The van der Waals surface area contributed by atoms with Crippen molar-refractivity contribution in [2.75, 3.05) is 19.0 Å². The number of carbonyl (C=O) groups excluding carboxylic acids is 2. The Labute approximate surface area is 119 Å². The molecule has 1 rings (SSSR count). The molecule has 0 spiro atoms. The van der Waals surface area contributed by atoms with E-state index in [1.54, 1.807) is 11.4 Å². The molecule has 1 amide bonds. The van der Waals surface area contributed by atoms with Crippen LogP contribution in [0.25, 0.3) is 0 Å². The van der Waals surface area contributed by atoms with Gasteiger partial charge in [-0.3, -0.25) is 9.59 Å². The van der Waals surface area contributed by atoms with E-state index in [4.69, 9.17) is 0 Å². The molecule has 1 aromatic carbocycles. The van der Waals surface area contributed by atoms with E-state index in [0.717, 1.165) is 0 Å². The minimum absolute atomic E-state index is 0.0598. The van der Waals surface area contributed by atoms with Crippen molar-refractivity contribution < 1.29 is 27.5 Å². The highest BCUT2D eigenvalue weighted by molar-refractivity contribution is 5.94. The number of anilines is 1. The second-order valence-electron chi connectivity index (χ2n) is 4.16. The van der Waals surface area contributed by atoms with Crippen molar-refractivity contribution in [2.45, 2.75) is 19.1 Å². The maximum Gasteiger partial charge on any atom is 0.471 e. The molecule has 8 heteroatoms. The molecular formula is C13H15F3N2O3. The number of amides is 1. The first kappa shape index (κ1) is 17.0.